The SMILES string of the molecule is Cc1ccccc1NC(=O)CCCN1C(=O)c2ccccc2C1=O. The molecule has 3 rings (SSSR count). The van der Waals surface area contributed by atoms with E-state index in [-0.39, 0.29) is 30.7 Å². The third kappa shape index (κ3) is 3.06. The Hall–Kier alpha value is -2.95. The highest BCUT2D eigenvalue weighted by Gasteiger charge is 2.34. The van der Waals surface area contributed by atoms with Gasteiger partial charge >= 0.3 is 0 Å². The van der Waals surface area contributed by atoms with Crippen LogP contribution in [0.1, 0.15) is 39.1 Å². The molecule has 1 heterocycles. The third-order valence-electron chi connectivity index (χ3n) is 4.08. The monoisotopic (exact) mass is 322 g/mol. The van der Waals surface area contributed by atoms with Crippen molar-refractivity contribution in [3.63, 3.8) is 0 Å². The fourth-order valence-corrected chi connectivity index (χ4v) is 2.77. The Kier molecular flexibility index (Phi) is 4.42. The summed E-state index contributed by atoms with van der Waals surface area (Å²) in [6, 6.07) is 14.3. The Labute approximate surface area is 140 Å². The van der Waals surface area contributed by atoms with Crippen LogP contribution in [-0.2, 0) is 4.79 Å². The number of amides is 3. The maximum atomic E-state index is 12.2. The van der Waals surface area contributed by atoms with Crippen molar-refractivity contribution in [1.29, 1.82) is 0 Å². The number of anilines is 1. The summed E-state index contributed by atoms with van der Waals surface area (Å²) in [7, 11) is 0. The van der Waals surface area contributed by atoms with Crippen molar-refractivity contribution in [2.45, 2.75) is 19.8 Å². The molecule has 0 bridgehead atoms. The first-order valence-electron chi connectivity index (χ1n) is 7.88. The van der Waals surface area contributed by atoms with Gasteiger partial charge in [-0.3, -0.25) is 19.3 Å². The number of carbonyl (C=O) groups is 3. The number of para-hydroxylation sites is 1. The van der Waals surface area contributed by atoms with Crippen LogP contribution in [0.3, 0.4) is 0 Å². The molecule has 24 heavy (non-hydrogen) atoms. The molecule has 3 amide bonds. The zero-order valence-corrected chi connectivity index (χ0v) is 13.4. The lowest BCUT2D eigenvalue weighted by molar-refractivity contribution is -0.116. The highest BCUT2D eigenvalue weighted by molar-refractivity contribution is 6.21. The van der Waals surface area contributed by atoms with Crippen molar-refractivity contribution in [2.24, 2.45) is 0 Å². The predicted octanol–water partition coefficient (Wildman–Crippen LogP) is 3.01. The van der Waals surface area contributed by atoms with Gasteiger partial charge in [0, 0.05) is 18.7 Å². The van der Waals surface area contributed by atoms with E-state index in [2.05, 4.69) is 5.32 Å². The van der Waals surface area contributed by atoms with Gasteiger partial charge in [0.15, 0.2) is 0 Å². The molecule has 2 aromatic rings. The highest BCUT2D eigenvalue weighted by atomic mass is 16.2. The van der Waals surface area contributed by atoms with Gasteiger partial charge in [-0.2, -0.15) is 0 Å². The highest BCUT2D eigenvalue weighted by Crippen LogP contribution is 2.22. The van der Waals surface area contributed by atoms with E-state index in [0.29, 0.717) is 17.5 Å². The summed E-state index contributed by atoms with van der Waals surface area (Å²) in [4.78, 5) is 37.7. The molecule has 5 nitrogen and oxygen atoms in total. The minimum atomic E-state index is -0.282. The Morgan fingerprint density at radius 2 is 1.54 bits per heavy atom. The van der Waals surface area contributed by atoms with Crippen LogP contribution >= 0.6 is 0 Å². The number of hydrogen-bond acceptors (Lipinski definition) is 3. The average Bonchev–Trinajstić information content (AvgIpc) is 2.82. The topological polar surface area (TPSA) is 66.5 Å². The van der Waals surface area contributed by atoms with Crippen molar-refractivity contribution in [3.05, 3.63) is 65.2 Å². The molecule has 1 aliphatic heterocycles. The maximum Gasteiger partial charge on any atom is 0.261 e. The largest absolute Gasteiger partial charge is 0.326 e. The second-order valence-electron chi connectivity index (χ2n) is 5.77. The fraction of sp³-hybridized carbons (Fsp3) is 0.211. The van der Waals surface area contributed by atoms with Gasteiger partial charge in [-0.1, -0.05) is 30.3 Å². The van der Waals surface area contributed by atoms with Crippen LogP contribution < -0.4 is 5.32 Å². The quantitative estimate of drug-likeness (QED) is 0.861. The minimum absolute atomic E-state index is 0.124. The van der Waals surface area contributed by atoms with Crippen LogP contribution in [0.2, 0.25) is 0 Å². The molecule has 0 fully saturated rings. The van der Waals surface area contributed by atoms with Gasteiger partial charge in [-0.05, 0) is 37.1 Å². The Morgan fingerprint density at radius 3 is 2.17 bits per heavy atom. The summed E-state index contributed by atoms with van der Waals surface area (Å²) in [5.74, 6) is -0.689. The summed E-state index contributed by atoms with van der Waals surface area (Å²) in [6.07, 6.45) is 0.685. The molecule has 5 heteroatoms. The number of rotatable bonds is 5. The van der Waals surface area contributed by atoms with Crippen LogP contribution in [0.5, 0.6) is 0 Å². The number of hydrogen-bond donors (Lipinski definition) is 1. The standard InChI is InChI=1S/C19H18N2O3/c1-13-7-2-5-10-16(13)20-17(22)11-6-12-21-18(23)14-8-3-4-9-15(14)19(21)24/h2-5,7-10H,6,11-12H2,1H3,(H,20,22). The molecule has 1 aliphatic rings. The van der Waals surface area contributed by atoms with Gasteiger partial charge < -0.3 is 5.32 Å². The molecule has 122 valence electrons. The van der Waals surface area contributed by atoms with Gasteiger partial charge in [0.1, 0.15) is 0 Å². The summed E-state index contributed by atoms with van der Waals surface area (Å²) < 4.78 is 0. The first kappa shape index (κ1) is 15.9. The number of carbonyl (C=O) groups excluding carboxylic acids is 3. The zero-order valence-electron chi connectivity index (χ0n) is 13.4. The van der Waals surface area contributed by atoms with Crippen molar-refractivity contribution in [1.82, 2.24) is 4.90 Å². The minimum Gasteiger partial charge on any atom is -0.326 e. The number of nitrogens with zero attached hydrogens (tertiary/aromatic N) is 1. The molecule has 0 aromatic heterocycles. The molecule has 0 radical (unpaired) electrons. The van der Waals surface area contributed by atoms with Crippen molar-refractivity contribution < 1.29 is 14.4 Å². The molecule has 0 spiro atoms. The lowest BCUT2D eigenvalue weighted by atomic mass is 10.1. The van der Waals surface area contributed by atoms with E-state index >= 15 is 0 Å². The first-order valence-corrected chi connectivity index (χ1v) is 7.88. The van der Waals surface area contributed by atoms with E-state index in [9.17, 15) is 14.4 Å². The number of nitrogens with one attached hydrogen (secondary N) is 1. The predicted molar refractivity (Wildman–Crippen MR) is 90.9 cm³/mol. The summed E-state index contributed by atoms with van der Waals surface area (Å²) in [5, 5.41) is 2.85. The maximum absolute atomic E-state index is 12.2. The lowest BCUT2D eigenvalue weighted by Gasteiger charge is -2.13. The normalized spacial score (nSPS) is 13.1. The van der Waals surface area contributed by atoms with Gasteiger partial charge in [0.25, 0.3) is 11.8 Å². The fourth-order valence-electron chi connectivity index (χ4n) is 2.77. The van der Waals surface area contributed by atoms with Crippen molar-refractivity contribution in [2.75, 3.05) is 11.9 Å². The van der Waals surface area contributed by atoms with E-state index in [1.54, 1.807) is 24.3 Å². The molecule has 0 unspecified atom stereocenters. The van der Waals surface area contributed by atoms with Crippen LogP contribution in [0.4, 0.5) is 5.69 Å². The van der Waals surface area contributed by atoms with Gasteiger partial charge in [-0.15, -0.1) is 0 Å². The van der Waals surface area contributed by atoms with Gasteiger partial charge in [-0.25, -0.2) is 0 Å². The number of fused-ring (bicyclic) bond motifs is 1. The second-order valence-corrected chi connectivity index (χ2v) is 5.77. The summed E-state index contributed by atoms with van der Waals surface area (Å²) in [5.41, 5.74) is 2.65. The molecule has 0 aliphatic carbocycles. The summed E-state index contributed by atoms with van der Waals surface area (Å²) in [6.45, 7) is 2.17. The van der Waals surface area contributed by atoms with E-state index in [1.165, 1.54) is 4.90 Å². The van der Waals surface area contributed by atoms with Crippen molar-refractivity contribution >= 4 is 23.4 Å². The van der Waals surface area contributed by atoms with Gasteiger partial charge in [0.05, 0.1) is 11.1 Å². The van der Waals surface area contributed by atoms with E-state index in [1.807, 2.05) is 31.2 Å². The number of aryl methyl sites for hydroxylation is 1. The van der Waals surface area contributed by atoms with Crippen LogP contribution in [0.15, 0.2) is 48.5 Å². The lowest BCUT2D eigenvalue weighted by Crippen LogP contribution is -2.31. The molecule has 0 saturated carbocycles. The Balaban J connectivity index is 1.54. The Morgan fingerprint density at radius 1 is 0.958 bits per heavy atom. The van der Waals surface area contributed by atoms with E-state index < -0.39 is 0 Å². The zero-order chi connectivity index (χ0) is 17.1. The molecular formula is C19H18N2O3. The van der Waals surface area contributed by atoms with Crippen LogP contribution in [0.25, 0.3) is 0 Å². The van der Waals surface area contributed by atoms with Crippen molar-refractivity contribution in [3.8, 4) is 0 Å². The molecule has 0 atom stereocenters. The smallest absolute Gasteiger partial charge is 0.261 e. The molecular weight excluding hydrogens is 304 g/mol. The Bertz CT molecular complexity index is 779. The average molecular weight is 322 g/mol. The summed E-state index contributed by atoms with van der Waals surface area (Å²) >= 11 is 0. The third-order valence-corrected chi connectivity index (χ3v) is 4.08. The second kappa shape index (κ2) is 6.66. The van der Waals surface area contributed by atoms with E-state index in [4.69, 9.17) is 0 Å². The molecule has 0 saturated heterocycles. The number of imide groups is 1. The number of benzene rings is 2. The van der Waals surface area contributed by atoms with Crippen LogP contribution in [-0.4, -0.2) is 29.2 Å². The van der Waals surface area contributed by atoms with Crippen LogP contribution in [0, 0.1) is 6.92 Å². The first-order chi connectivity index (χ1) is 11.6. The van der Waals surface area contributed by atoms with E-state index in [0.717, 1.165) is 11.3 Å². The van der Waals surface area contributed by atoms with Gasteiger partial charge in [0.2, 0.25) is 5.91 Å². The molecule has 1 N–H and O–H groups in total. The molecule has 2 aromatic carbocycles.